The summed E-state index contributed by atoms with van der Waals surface area (Å²) in [4.78, 5) is 35.7. The average molecular weight is 416 g/mol. The van der Waals surface area contributed by atoms with E-state index in [1.165, 1.54) is 12.1 Å². The lowest BCUT2D eigenvalue weighted by molar-refractivity contribution is 0.0997. The molecule has 8 nitrogen and oxygen atoms in total. The van der Waals surface area contributed by atoms with E-state index in [0.717, 1.165) is 4.57 Å². The molecule has 0 bridgehead atoms. The van der Waals surface area contributed by atoms with E-state index in [4.69, 9.17) is 28.9 Å². The number of rotatable bonds is 3. The number of imidazole rings is 1. The molecule has 28 heavy (non-hydrogen) atoms. The number of aromatic amines is 1. The van der Waals surface area contributed by atoms with E-state index in [1.54, 1.807) is 30.3 Å². The summed E-state index contributed by atoms with van der Waals surface area (Å²) >= 11 is 12.5. The van der Waals surface area contributed by atoms with Crippen LogP contribution < -0.4 is 11.4 Å². The number of halogens is 2. The Morgan fingerprint density at radius 3 is 2.43 bits per heavy atom. The zero-order valence-corrected chi connectivity index (χ0v) is 15.5. The first kappa shape index (κ1) is 18.0. The monoisotopic (exact) mass is 415 g/mol. The van der Waals surface area contributed by atoms with Gasteiger partial charge in [-0.1, -0.05) is 41.4 Å². The summed E-state index contributed by atoms with van der Waals surface area (Å²) in [6.45, 7) is 0. The van der Waals surface area contributed by atoms with Crippen molar-refractivity contribution in [2.45, 2.75) is 0 Å². The lowest BCUT2D eigenvalue weighted by Gasteiger charge is -2.09. The fourth-order valence-corrected chi connectivity index (χ4v) is 3.41. The fraction of sp³-hybridized carbons (Fsp3) is 0. The number of hydrogen-bond donors (Lipinski definition) is 3. The lowest BCUT2D eigenvalue weighted by atomic mass is 10.2. The molecule has 2 heterocycles. The van der Waals surface area contributed by atoms with Gasteiger partial charge in [-0.05, 0) is 24.3 Å². The summed E-state index contributed by atoms with van der Waals surface area (Å²) in [5.74, 6) is -0.775. The highest BCUT2D eigenvalue weighted by Crippen LogP contribution is 2.30. The molecule has 0 radical (unpaired) electrons. The molecule has 0 aliphatic carbocycles. The number of nitrogens with one attached hydrogen (secondary N) is 1. The van der Waals surface area contributed by atoms with Crippen molar-refractivity contribution in [1.82, 2.24) is 19.5 Å². The molecule has 0 unspecified atom stereocenters. The Kier molecular flexibility index (Phi) is 4.29. The molecular weight excluding hydrogens is 405 g/mol. The van der Waals surface area contributed by atoms with Gasteiger partial charge in [0.05, 0.1) is 15.7 Å². The van der Waals surface area contributed by atoms with Gasteiger partial charge >= 0.3 is 5.69 Å². The third-order valence-corrected chi connectivity index (χ3v) is 4.65. The molecule has 1 amide bonds. The van der Waals surface area contributed by atoms with Crippen molar-refractivity contribution < 1.29 is 9.90 Å². The number of carbonyl (C=O) groups excluding carboxylic acids is 1. The molecule has 0 fully saturated rings. The van der Waals surface area contributed by atoms with Gasteiger partial charge in [0.2, 0.25) is 0 Å². The summed E-state index contributed by atoms with van der Waals surface area (Å²) < 4.78 is 1.15. The van der Waals surface area contributed by atoms with E-state index in [-0.39, 0.29) is 44.2 Å². The van der Waals surface area contributed by atoms with Gasteiger partial charge in [0, 0.05) is 5.56 Å². The van der Waals surface area contributed by atoms with E-state index in [1.807, 2.05) is 0 Å². The van der Waals surface area contributed by atoms with Crippen molar-refractivity contribution in [1.29, 1.82) is 0 Å². The van der Waals surface area contributed by atoms with Crippen molar-refractivity contribution in [3.8, 4) is 22.8 Å². The van der Waals surface area contributed by atoms with Crippen molar-refractivity contribution >= 4 is 40.3 Å². The molecule has 0 aliphatic heterocycles. The van der Waals surface area contributed by atoms with E-state index in [2.05, 4.69) is 15.0 Å². The average Bonchev–Trinajstić information content (AvgIpc) is 2.96. The number of primary amides is 1. The number of amides is 1. The van der Waals surface area contributed by atoms with Gasteiger partial charge in [-0.2, -0.15) is 0 Å². The lowest BCUT2D eigenvalue weighted by Crippen LogP contribution is -2.16. The quantitative estimate of drug-likeness (QED) is 0.473. The van der Waals surface area contributed by atoms with E-state index >= 15 is 0 Å². The molecule has 10 heteroatoms. The second kappa shape index (κ2) is 6.66. The second-order valence-electron chi connectivity index (χ2n) is 5.84. The Labute approximate surface area is 167 Å². The number of H-pyrrole nitrogens is 1. The molecule has 4 aromatic rings. The van der Waals surface area contributed by atoms with Crippen LogP contribution in [-0.2, 0) is 0 Å². The van der Waals surface area contributed by atoms with Crippen LogP contribution in [-0.4, -0.2) is 30.5 Å². The predicted octanol–water partition coefficient (Wildman–Crippen LogP) is 2.89. The maximum Gasteiger partial charge on any atom is 0.332 e. The SMILES string of the molecule is NC(=O)c1nc(-c2cccc(O)c2)nc2c1[nH]c(=O)n2-c1c(Cl)cccc1Cl. The number of nitrogens with zero attached hydrogens (tertiary/aromatic N) is 3. The highest BCUT2D eigenvalue weighted by Gasteiger charge is 2.22. The minimum Gasteiger partial charge on any atom is -0.508 e. The van der Waals surface area contributed by atoms with Crippen molar-refractivity contribution in [3.05, 3.63) is 68.7 Å². The first-order valence-electron chi connectivity index (χ1n) is 7.93. The Morgan fingerprint density at radius 1 is 1.11 bits per heavy atom. The van der Waals surface area contributed by atoms with Crippen molar-refractivity contribution in [2.75, 3.05) is 0 Å². The smallest absolute Gasteiger partial charge is 0.332 e. The Hall–Kier alpha value is -3.36. The number of para-hydroxylation sites is 1. The Morgan fingerprint density at radius 2 is 1.79 bits per heavy atom. The predicted molar refractivity (Wildman–Crippen MR) is 105 cm³/mol. The van der Waals surface area contributed by atoms with Crippen LogP contribution in [0.2, 0.25) is 10.0 Å². The van der Waals surface area contributed by atoms with Crippen LogP contribution in [0.25, 0.3) is 28.2 Å². The van der Waals surface area contributed by atoms with Crippen LogP contribution in [0, 0.1) is 0 Å². The zero-order valence-electron chi connectivity index (χ0n) is 14.0. The number of phenolic OH excluding ortho intramolecular Hbond substituents is 1. The number of aromatic hydroxyl groups is 1. The van der Waals surface area contributed by atoms with Gasteiger partial charge in [0.1, 0.15) is 11.3 Å². The zero-order chi connectivity index (χ0) is 20.0. The molecule has 0 saturated carbocycles. The third kappa shape index (κ3) is 2.88. The second-order valence-corrected chi connectivity index (χ2v) is 6.66. The standard InChI is InChI=1S/C18H11Cl2N5O3/c19-10-5-2-6-11(20)14(10)25-17-13(23-18(25)28)12(15(21)27)22-16(24-17)8-3-1-4-9(26)7-8/h1-7,26H,(H2,21,27)(H,23,28). The van der Waals surface area contributed by atoms with Crippen molar-refractivity contribution in [3.63, 3.8) is 0 Å². The molecule has 0 saturated heterocycles. The number of phenols is 1. The van der Waals surface area contributed by atoms with Gasteiger partial charge in [-0.15, -0.1) is 0 Å². The maximum atomic E-state index is 12.7. The molecule has 4 rings (SSSR count). The minimum absolute atomic E-state index is 0.0116. The first-order valence-corrected chi connectivity index (χ1v) is 8.69. The number of benzene rings is 2. The molecule has 140 valence electrons. The summed E-state index contributed by atoms with van der Waals surface area (Å²) in [6.07, 6.45) is 0. The van der Waals surface area contributed by atoms with Crippen LogP contribution in [0.3, 0.4) is 0 Å². The molecule has 4 N–H and O–H groups in total. The number of carbonyl (C=O) groups is 1. The number of hydrogen-bond acceptors (Lipinski definition) is 5. The highest BCUT2D eigenvalue weighted by molar-refractivity contribution is 6.37. The van der Waals surface area contributed by atoms with Crippen LogP contribution >= 0.6 is 23.2 Å². The van der Waals surface area contributed by atoms with Crippen LogP contribution in [0.5, 0.6) is 5.75 Å². The topological polar surface area (TPSA) is 127 Å². The molecular formula is C18H11Cl2N5O3. The number of nitrogens with two attached hydrogens (primary N) is 1. The van der Waals surface area contributed by atoms with Crippen LogP contribution in [0.15, 0.2) is 47.3 Å². The molecule has 0 atom stereocenters. The molecule has 2 aromatic heterocycles. The largest absolute Gasteiger partial charge is 0.508 e. The van der Waals surface area contributed by atoms with E-state index < -0.39 is 11.6 Å². The van der Waals surface area contributed by atoms with Crippen molar-refractivity contribution in [2.24, 2.45) is 5.73 Å². The van der Waals surface area contributed by atoms with Crippen LogP contribution in [0.4, 0.5) is 0 Å². The molecule has 0 aliphatic rings. The van der Waals surface area contributed by atoms with Gasteiger partial charge in [-0.3, -0.25) is 4.79 Å². The van der Waals surface area contributed by atoms with Gasteiger partial charge in [0.15, 0.2) is 17.2 Å². The van der Waals surface area contributed by atoms with Crippen LogP contribution in [0.1, 0.15) is 10.5 Å². The first-order chi connectivity index (χ1) is 13.4. The fourth-order valence-electron chi connectivity index (χ4n) is 2.85. The summed E-state index contributed by atoms with van der Waals surface area (Å²) in [5.41, 5.74) is 5.42. The van der Waals surface area contributed by atoms with Gasteiger partial charge in [-0.25, -0.2) is 19.3 Å². The number of fused-ring (bicyclic) bond motifs is 1. The summed E-state index contributed by atoms with van der Waals surface area (Å²) in [7, 11) is 0. The summed E-state index contributed by atoms with van der Waals surface area (Å²) in [5, 5.41) is 10.2. The Bertz CT molecular complexity index is 1290. The normalized spacial score (nSPS) is 11.1. The summed E-state index contributed by atoms with van der Waals surface area (Å²) in [6, 6.07) is 10.9. The Balaban J connectivity index is 2.12. The molecule has 2 aromatic carbocycles. The maximum absolute atomic E-state index is 12.7. The van der Waals surface area contributed by atoms with E-state index in [9.17, 15) is 14.7 Å². The highest BCUT2D eigenvalue weighted by atomic mass is 35.5. The minimum atomic E-state index is -0.854. The van der Waals surface area contributed by atoms with Gasteiger partial charge < -0.3 is 15.8 Å². The van der Waals surface area contributed by atoms with E-state index in [0.29, 0.717) is 5.56 Å². The van der Waals surface area contributed by atoms with Gasteiger partial charge in [0.25, 0.3) is 5.91 Å². The third-order valence-electron chi connectivity index (χ3n) is 4.04. The number of aromatic nitrogens is 4. The molecule has 0 spiro atoms.